The number of benzene rings is 1. The minimum Gasteiger partial charge on any atom is -0.493 e. The van der Waals surface area contributed by atoms with Crippen LogP contribution in [-0.2, 0) is 4.79 Å². The van der Waals surface area contributed by atoms with Gasteiger partial charge in [-0.05, 0) is 17.7 Å². The van der Waals surface area contributed by atoms with Crippen molar-refractivity contribution in [2.24, 2.45) is 0 Å². The van der Waals surface area contributed by atoms with Crippen molar-refractivity contribution < 1.29 is 19.4 Å². The number of nitrogens with one attached hydrogen (secondary N) is 1. The monoisotopic (exact) mass is 269 g/mol. The molecule has 1 fully saturated rings. The van der Waals surface area contributed by atoms with Gasteiger partial charge < -0.3 is 14.6 Å². The van der Waals surface area contributed by atoms with E-state index >= 15 is 0 Å². The van der Waals surface area contributed by atoms with Crippen molar-refractivity contribution in [3.63, 3.8) is 0 Å². The fraction of sp³-hybridized carbons (Fsp3) is 0.417. The third-order valence-corrected chi connectivity index (χ3v) is 4.06. The first kappa shape index (κ1) is 13.0. The maximum absolute atomic E-state index is 10.9. The van der Waals surface area contributed by atoms with E-state index in [2.05, 4.69) is 5.32 Å². The second kappa shape index (κ2) is 5.49. The number of carboxylic acids is 1. The van der Waals surface area contributed by atoms with Crippen LogP contribution in [0.4, 0.5) is 0 Å². The summed E-state index contributed by atoms with van der Waals surface area (Å²) in [4.78, 5) is 10.9. The van der Waals surface area contributed by atoms with Crippen molar-refractivity contribution in [2.45, 2.75) is 11.4 Å². The molecule has 0 saturated carbocycles. The number of hydrogen-bond donors (Lipinski definition) is 2. The van der Waals surface area contributed by atoms with Crippen LogP contribution in [-0.4, -0.2) is 37.1 Å². The number of thioether (sulfide) groups is 1. The predicted octanol–water partition coefficient (Wildman–Crippen LogP) is 1.49. The van der Waals surface area contributed by atoms with Crippen LogP contribution in [0, 0.1) is 0 Å². The van der Waals surface area contributed by atoms with Crippen LogP contribution in [0.5, 0.6) is 11.5 Å². The molecule has 0 spiro atoms. The Hall–Kier alpha value is -1.40. The fourth-order valence-corrected chi connectivity index (χ4v) is 3.05. The van der Waals surface area contributed by atoms with E-state index in [9.17, 15) is 4.79 Å². The van der Waals surface area contributed by atoms with E-state index in [-0.39, 0.29) is 5.37 Å². The van der Waals surface area contributed by atoms with Crippen LogP contribution in [0.3, 0.4) is 0 Å². The van der Waals surface area contributed by atoms with Gasteiger partial charge in [0, 0.05) is 5.75 Å². The van der Waals surface area contributed by atoms with Crippen LogP contribution < -0.4 is 14.8 Å². The van der Waals surface area contributed by atoms with E-state index in [1.807, 2.05) is 18.2 Å². The third kappa shape index (κ3) is 2.54. The molecule has 1 unspecified atom stereocenters. The van der Waals surface area contributed by atoms with E-state index in [0.717, 1.165) is 5.56 Å². The topological polar surface area (TPSA) is 67.8 Å². The van der Waals surface area contributed by atoms with Gasteiger partial charge >= 0.3 is 5.97 Å². The predicted molar refractivity (Wildman–Crippen MR) is 69.3 cm³/mol. The van der Waals surface area contributed by atoms with Gasteiger partial charge in [-0.25, -0.2) is 0 Å². The van der Waals surface area contributed by atoms with Crippen molar-refractivity contribution in [1.29, 1.82) is 0 Å². The molecule has 18 heavy (non-hydrogen) atoms. The molecular formula is C12H15NO4S. The summed E-state index contributed by atoms with van der Waals surface area (Å²) in [6.45, 7) is 0. The largest absolute Gasteiger partial charge is 0.493 e. The smallest absolute Gasteiger partial charge is 0.321 e. The molecule has 1 aromatic rings. The number of hydrogen-bond acceptors (Lipinski definition) is 5. The Morgan fingerprint density at radius 1 is 1.39 bits per heavy atom. The number of carboxylic acid groups (broad SMARTS) is 1. The minimum atomic E-state index is -0.814. The SMILES string of the molecule is COc1ccc(C2N[C@@H](C(=O)O)CS2)cc1OC. The first-order valence-electron chi connectivity index (χ1n) is 5.48. The van der Waals surface area contributed by atoms with E-state index in [1.165, 1.54) is 0 Å². The number of methoxy groups -OCH3 is 2. The highest BCUT2D eigenvalue weighted by Crippen LogP contribution is 2.37. The van der Waals surface area contributed by atoms with Crippen LogP contribution in [0.2, 0.25) is 0 Å². The summed E-state index contributed by atoms with van der Waals surface area (Å²) in [5.74, 6) is 1.06. The average Bonchev–Trinajstić information content (AvgIpc) is 2.87. The summed E-state index contributed by atoms with van der Waals surface area (Å²) in [5, 5.41) is 12.0. The fourth-order valence-electron chi connectivity index (χ4n) is 1.82. The normalized spacial score (nSPS) is 22.8. The molecular weight excluding hydrogens is 254 g/mol. The summed E-state index contributed by atoms with van der Waals surface area (Å²) in [5.41, 5.74) is 0.987. The maximum Gasteiger partial charge on any atom is 0.321 e. The standard InChI is InChI=1S/C12H15NO4S/c1-16-9-4-3-7(5-10(9)17-2)11-13-8(6-18-11)12(14)15/h3-5,8,11,13H,6H2,1-2H3,(H,14,15)/t8-,11?/m1/s1. The lowest BCUT2D eigenvalue weighted by atomic mass is 10.2. The van der Waals surface area contributed by atoms with Crippen molar-refractivity contribution in [2.75, 3.05) is 20.0 Å². The maximum atomic E-state index is 10.9. The van der Waals surface area contributed by atoms with E-state index in [4.69, 9.17) is 14.6 Å². The Kier molecular flexibility index (Phi) is 3.98. The zero-order valence-electron chi connectivity index (χ0n) is 10.2. The average molecular weight is 269 g/mol. The molecule has 0 bridgehead atoms. The minimum absolute atomic E-state index is 0.0223. The first-order chi connectivity index (χ1) is 8.65. The molecule has 0 aromatic heterocycles. The van der Waals surface area contributed by atoms with Crippen molar-refractivity contribution in [1.82, 2.24) is 5.32 Å². The second-order valence-corrected chi connectivity index (χ2v) is 5.02. The van der Waals surface area contributed by atoms with Gasteiger partial charge in [-0.2, -0.15) is 0 Å². The van der Waals surface area contributed by atoms with Gasteiger partial charge in [0.05, 0.1) is 19.6 Å². The summed E-state index contributed by atoms with van der Waals surface area (Å²) in [6.07, 6.45) is 0. The highest BCUT2D eigenvalue weighted by molar-refractivity contribution is 7.99. The summed E-state index contributed by atoms with van der Waals surface area (Å²) in [7, 11) is 3.16. The molecule has 0 radical (unpaired) electrons. The Balaban J connectivity index is 2.17. The molecule has 2 rings (SSSR count). The lowest BCUT2D eigenvalue weighted by molar-refractivity contribution is -0.138. The number of aliphatic carboxylic acids is 1. The van der Waals surface area contributed by atoms with Gasteiger partial charge in [0.1, 0.15) is 6.04 Å². The highest BCUT2D eigenvalue weighted by atomic mass is 32.2. The third-order valence-electron chi connectivity index (χ3n) is 2.79. The molecule has 1 heterocycles. The van der Waals surface area contributed by atoms with Gasteiger partial charge in [0.15, 0.2) is 11.5 Å². The van der Waals surface area contributed by atoms with Gasteiger partial charge in [0.25, 0.3) is 0 Å². The highest BCUT2D eigenvalue weighted by Gasteiger charge is 2.30. The van der Waals surface area contributed by atoms with Gasteiger partial charge in [-0.15, -0.1) is 11.8 Å². The Morgan fingerprint density at radius 3 is 2.67 bits per heavy atom. The van der Waals surface area contributed by atoms with Crippen molar-refractivity contribution in [3.8, 4) is 11.5 Å². The van der Waals surface area contributed by atoms with Gasteiger partial charge in [-0.1, -0.05) is 6.07 Å². The second-order valence-electron chi connectivity index (χ2n) is 3.89. The molecule has 0 amide bonds. The van der Waals surface area contributed by atoms with E-state index in [0.29, 0.717) is 17.3 Å². The van der Waals surface area contributed by atoms with E-state index < -0.39 is 12.0 Å². The summed E-state index contributed by atoms with van der Waals surface area (Å²) in [6, 6.07) is 5.11. The number of carbonyl (C=O) groups is 1. The molecule has 0 aliphatic carbocycles. The molecule has 2 atom stereocenters. The molecule has 2 N–H and O–H groups in total. The van der Waals surface area contributed by atoms with E-state index in [1.54, 1.807) is 26.0 Å². The molecule has 98 valence electrons. The summed E-state index contributed by atoms with van der Waals surface area (Å²) >= 11 is 1.58. The number of ether oxygens (including phenoxy) is 2. The molecule has 1 saturated heterocycles. The molecule has 6 heteroatoms. The quantitative estimate of drug-likeness (QED) is 0.863. The van der Waals surface area contributed by atoms with Crippen molar-refractivity contribution in [3.05, 3.63) is 23.8 Å². The number of rotatable bonds is 4. The Morgan fingerprint density at radius 2 is 2.11 bits per heavy atom. The first-order valence-corrected chi connectivity index (χ1v) is 6.53. The van der Waals surface area contributed by atoms with Crippen LogP contribution in [0.25, 0.3) is 0 Å². The van der Waals surface area contributed by atoms with Crippen LogP contribution in [0.1, 0.15) is 10.9 Å². The lowest BCUT2D eigenvalue weighted by Gasteiger charge is -2.14. The summed E-state index contributed by atoms with van der Waals surface area (Å²) < 4.78 is 10.4. The Labute approximate surface area is 109 Å². The molecule has 5 nitrogen and oxygen atoms in total. The van der Waals surface area contributed by atoms with Crippen LogP contribution in [0.15, 0.2) is 18.2 Å². The van der Waals surface area contributed by atoms with Gasteiger partial charge in [-0.3, -0.25) is 10.1 Å². The lowest BCUT2D eigenvalue weighted by Crippen LogP contribution is -2.33. The Bertz CT molecular complexity index is 452. The zero-order chi connectivity index (χ0) is 13.1. The van der Waals surface area contributed by atoms with Crippen LogP contribution >= 0.6 is 11.8 Å². The molecule has 1 aliphatic rings. The van der Waals surface area contributed by atoms with Crippen molar-refractivity contribution >= 4 is 17.7 Å². The molecule has 1 aromatic carbocycles. The zero-order valence-corrected chi connectivity index (χ0v) is 11.0. The van der Waals surface area contributed by atoms with Gasteiger partial charge in [0.2, 0.25) is 0 Å². The molecule has 1 aliphatic heterocycles.